The number of nitrogens with one attached hydrogen (secondary N) is 1. The van der Waals surface area contributed by atoms with Gasteiger partial charge in [0.05, 0.1) is 0 Å². The second kappa shape index (κ2) is 6.01. The van der Waals surface area contributed by atoms with Crippen molar-refractivity contribution in [2.45, 2.75) is 39.7 Å². The highest BCUT2D eigenvalue weighted by Gasteiger charge is 2.20. The van der Waals surface area contributed by atoms with Gasteiger partial charge in [-0.3, -0.25) is 4.68 Å². The largest absolute Gasteiger partial charge is 0.314 e. The summed E-state index contributed by atoms with van der Waals surface area (Å²) in [6.07, 6.45) is 6.06. The molecule has 1 N–H and O–H groups in total. The van der Waals surface area contributed by atoms with Gasteiger partial charge in [-0.05, 0) is 24.3 Å². The maximum absolute atomic E-state index is 4.19. The third-order valence-corrected chi connectivity index (χ3v) is 3.28. The minimum Gasteiger partial charge on any atom is -0.314 e. The van der Waals surface area contributed by atoms with Gasteiger partial charge >= 0.3 is 0 Å². The molecule has 0 spiro atoms. The van der Waals surface area contributed by atoms with E-state index < -0.39 is 0 Å². The van der Waals surface area contributed by atoms with Crippen molar-refractivity contribution < 1.29 is 0 Å². The average Bonchev–Trinajstić information content (AvgIpc) is 2.70. The third-order valence-electron chi connectivity index (χ3n) is 3.28. The van der Waals surface area contributed by atoms with E-state index in [-0.39, 0.29) is 5.41 Å². The number of hydrogen-bond donors (Lipinski definition) is 1. The lowest BCUT2D eigenvalue weighted by Crippen LogP contribution is -2.34. The fourth-order valence-electron chi connectivity index (χ4n) is 1.76. The minimum absolute atomic E-state index is 0.147. The van der Waals surface area contributed by atoms with E-state index in [9.17, 15) is 0 Å². The maximum atomic E-state index is 4.19. The molecule has 0 bridgehead atoms. The number of aromatic nitrogens is 2. The Kier molecular flexibility index (Phi) is 4.94. The molecule has 3 nitrogen and oxygen atoms in total. The van der Waals surface area contributed by atoms with Crippen LogP contribution in [-0.2, 0) is 13.5 Å². The number of rotatable bonds is 7. The standard InChI is InChI=1S/C14H25N3/c1-6-14(4,11-15-12(2)3)9-7-13-8-10-16-17(13)5/h6,8,10,12,15H,1,7,9,11H2,2-5H3. The molecule has 0 fully saturated rings. The molecule has 1 aromatic rings. The fourth-order valence-corrected chi connectivity index (χ4v) is 1.76. The van der Waals surface area contributed by atoms with Crippen molar-refractivity contribution >= 4 is 0 Å². The zero-order valence-electron chi connectivity index (χ0n) is 11.5. The molecule has 0 aliphatic rings. The van der Waals surface area contributed by atoms with E-state index >= 15 is 0 Å². The van der Waals surface area contributed by atoms with Gasteiger partial charge in [-0.15, -0.1) is 6.58 Å². The van der Waals surface area contributed by atoms with E-state index in [1.165, 1.54) is 5.69 Å². The highest BCUT2D eigenvalue weighted by Crippen LogP contribution is 2.24. The average molecular weight is 235 g/mol. The van der Waals surface area contributed by atoms with Gasteiger partial charge in [-0.1, -0.05) is 26.8 Å². The normalized spacial score (nSPS) is 14.9. The molecule has 0 aliphatic heterocycles. The van der Waals surface area contributed by atoms with Gasteiger partial charge in [0, 0.05) is 31.5 Å². The highest BCUT2D eigenvalue weighted by atomic mass is 15.2. The van der Waals surface area contributed by atoms with Crippen molar-refractivity contribution in [2.75, 3.05) is 6.54 Å². The van der Waals surface area contributed by atoms with Gasteiger partial charge in [-0.2, -0.15) is 5.10 Å². The molecular formula is C14H25N3. The molecule has 96 valence electrons. The Bertz CT molecular complexity index is 354. The molecule has 0 aliphatic carbocycles. The van der Waals surface area contributed by atoms with E-state index in [0.29, 0.717) is 6.04 Å². The van der Waals surface area contributed by atoms with Crippen LogP contribution < -0.4 is 5.32 Å². The van der Waals surface area contributed by atoms with Crippen LogP contribution in [-0.4, -0.2) is 22.4 Å². The van der Waals surface area contributed by atoms with Crippen LogP contribution in [0.4, 0.5) is 0 Å². The number of aryl methyl sites for hydroxylation is 2. The van der Waals surface area contributed by atoms with Crippen molar-refractivity contribution in [1.82, 2.24) is 15.1 Å². The summed E-state index contributed by atoms with van der Waals surface area (Å²) in [7, 11) is 1.99. The SMILES string of the molecule is C=CC(C)(CCc1ccnn1C)CNC(C)C. The molecule has 17 heavy (non-hydrogen) atoms. The van der Waals surface area contributed by atoms with Crippen molar-refractivity contribution in [1.29, 1.82) is 0 Å². The van der Waals surface area contributed by atoms with Crippen LogP contribution in [0.15, 0.2) is 24.9 Å². The van der Waals surface area contributed by atoms with Crippen molar-refractivity contribution in [2.24, 2.45) is 12.5 Å². The quantitative estimate of drug-likeness (QED) is 0.736. The Morgan fingerprint density at radius 2 is 2.29 bits per heavy atom. The molecule has 1 atom stereocenters. The predicted octanol–water partition coefficient (Wildman–Crippen LogP) is 2.54. The third kappa shape index (κ3) is 4.35. The molecular weight excluding hydrogens is 210 g/mol. The fraction of sp³-hybridized carbons (Fsp3) is 0.643. The molecule has 3 heteroatoms. The first kappa shape index (κ1) is 14.0. The maximum Gasteiger partial charge on any atom is 0.0492 e. The first-order chi connectivity index (χ1) is 7.97. The monoisotopic (exact) mass is 235 g/mol. The summed E-state index contributed by atoms with van der Waals surface area (Å²) in [5, 5.41) is 7.68. The molecule has 0 saturated heterocycles. The van der Waals surface area contributed by atoms with E-state index in [4.69, 9.17) is 0 Å². The lowest BCUT2D eigenvalue weighted by atomic mass is 9.84. The summed E-state index contributed by atoms with van der Waals surface area (Å²) in [6.45, 7) is 11.5. The van der Waals surface area contributed by atoms with Crippen molar-refractivity contribution in [3.63, 3.8) is 0 Å². The van der Waals surface area contributed by atoms with Gasteiger partial charge in [0.2, 0.25) is 0 Å². The Morgan fingerprint density at radius 1 is 1.59 bits per heavy atom. The van der Waals surface area contributed by atoms with Crippen molar-refractivity contribution in [3.05, 3.63) is 30.6 Å². The molecule has 1 aromatic heterocycles. The summed E-state index contributed by atoms with van der Waals surface area (Å²) in [5.41, 5.74) is 1.43. The van der Waals surface area contributed by atoms with Gasteiger partial charge in [0.15, 0.2) is 0 Å². The summed E-state index contributed by atoms with van der Waals surface area (Å²) in [6, 6.07) is 2.60. The molecule has 1 rings (SSSR count). The van der Waals surface area contributed by atoms with Gasteiger partial charge in [0.25, 0.3) is 0 Å². The van der Waals surface area contributed by atoms with Crippen LogP contribution >= 0.6 is 0 Å². The lowest BCUT2D eigenvalue weighted by Gasteiger charge is -2.27. The van der Waals surface area contributed by atoms with Gasteiger partial charge < -0.3 is 5.32 Å². The minimum atomic E-state index is 0.147. The van der Waals surface area contributed by atoms with Crippen LogP contribution in [0, 0.1) is 5.41 Å². The van der Waals surface area contributed by atoms with Gasteiger partial charge in [-0.25, -0.2) is 0 Å². The summed E-state index contributed by atoms with van der Waals surface area (Å²) >= 11 is 0. The topological polar surface area (TPSA) is 29.9 Å². The van der Waals surface area contributed by atoms with Crippen LogP contribution in [0.1, 0.15) is 32.9 Å². The molecule has 1 unspecified atom stereocenters. The highest BCUT2D eigenvalue weighted by molar-refractivity contribution is 5.03. The smallest absolute Gasteiger partial charge is 0.0492 e. The molecule has 0 saturated carbocycles. The van der Waals surface area contributed by atoms with Gasteiger partial charge in [0.1, 0.15) is 0 Å². The van der Waals surface area contributed by atoms with Crippen LogP contribution in [0.3, 0.4) is 0 Å². The molecule has 0 amide bonds. The van der Waals surface area contributed by atoms with Crippen molar-refractivity contribution in [3.8, 4) is 0 Å². The second-order valence-electron chi connectivity index (χ2n) is 5.34. The predicted molar refractivity (Wildman–Crippen MR) is 73.0 cm³/mol. The lowest BCUT2D eigenvalue weighted by molar-refractivity contribution is 0.347. The van der Waals surface area contributed by atoms with E-state index in [1.54, 1.807) is 0 Å². The second-order valence-corrected chi connectivity index (χ2v) is 5.34. The molecule has 1 heterocycles. The zero-order valence-corrected chi connectivity index (χ0v) is 11.5. The van der Waals surface area contributed by atoms with Crippen LogP contribution in [0.5, 0.6) is 0 Å². The first-order valence-electron chi connectivity index (χ1n) is 6.31. The van der Waals surface area contributed by atoms with E-state index in [1.807, 2.05) is 17.9 Å². The Labute approximate surface area is 105 Å². The van der Waals surface area contributed by atoms with Crippen LogP contribution in [0.25, 0.3) is 0 Å². The Morgan fingerprint density at radius 3 is 2.76 bits per heavy atom. The summed E-state index contributed by atoms with van der Waals surface area (Å²) < 4.78 is 1.94. The Balaban J connectivity index is 2.51. The Hall–Kier alpha value is -1.09. The molecule has 0 aromatic carbocycles. The molecule has 0 radical (unpaired) electrons. The van der Waals surface area contributed by atoms with E-state index in [2.05, 4.69) is 49.9 Å². The van der Waals surface area contributed by atoms with Crippen LogP contribution in [0.2, 0.25) is 0 Å². The summed E-state index contributed by atoms with van der Waals surface area (Å²) in [5.74, 6) is 0. The number of nitrogens with zero attached hydrogens (tertiary/aromatic N) is 2. The zero-order chi connectivity index (χ0) is 12.9. The summed E-state index contributed by atoms with van der Waals surface area (Å²) in [4.78, 5) is 0. The van der Waals surface area contributed by atoms with E-state index in [0.717, 1.165) is 19.4 Å². The first-order valence-corrected chi connectivity index (χ1v) is 6.31. The number of hydrogen-bond acceptors (Lipinski definition) is 2.